The second-order valence-electron chi connectivity index (χ2n) is 7.81. The second kappa shape index (κ2) is 9.64. The van der Waals surface area contributed by atoms with Crippen LogP contribution in [0.25, 0.3) is 15.9 Å². The van der Waals surface area contributed by atoms with Gasteiger partial charge in [0.15, 0.2) is 5.16 Å². The van der Waals surface area contributed by atoms with E-state index in [9.17, 15) is 9.59 Å². The largest absolute Gasteiger partial charge is 0.497 e. The van der Waals surface area contributed by atoms with E-state index in [0.717, 1.165) is 10.4 Å². The number of thioether (sulfide) groups is 1. The molecule has 170 valence electrons. The molecule has 9 heteroatoms. The molecule has 0 bridgehead atoms. The maximum absolute atomic E-state index is 13.8. The van der Waals surface area contributed by atoms with E-state index in [0.29, 0.717) is 52.4 Å². The maximum atomic E-state index is 13.8. The fourth-order valence-corrected chi connectivity index (χ4v) is 5.69. The molecule has 1 aliphatic heterocycles. The van der Waals surface area contributed by atoms with E-state index in [2.05, 4.69) is 13.8 Å². The molecular formula is C23H26N2O5S2. The first-order valence-electron chi connectivity index (χ1n) is 10.5. The number of carbonyl (C=O) groups is 1. The maximum Gasteiger partial charge on any atom is 0.316 e. The molecule has 0 aliphatic carbocycles. The fourth-order valence-electron chi connectivity index (χ4n) is 3.72. The summed E-state index contributed by atoms with van der Waals surface area (Å²) in [7, 11) is 1.60. The van der Waals surface area contributed by atoms with Crippen molar-refractivity contribution < 1.29 is 19.0 Å². The Hall–Kier alpha value is -2.36. The topological polar surface area (TPSA) is 79.7 Å². The van der Waals surface area contributed by atoms with E-state index in [4.69, 9.17) is 19.2 Å². The fraction of sp³-hybridized carbons (Fsp3) is 0.435. The highest BCUT2D eigenvalue weighted by Crippen LogP contribution is 2.36. The van der Waals surface area contributed by atoms with Crippen LogP contribution < -0.4 is 10.3 Å². The summed E-state index contributed by atoms with van der Waals surface area (Å²) in [6, 6.07) is 7.25. The van der Waals surface area contributed by atoms with E-state index >= 15 is 0 Å². The normalized spacial score (nSPS) is 15.7. The van der Waals surface area contributed by atoms with Crippen LogP contribution in [-0.4, -0.2) is 41.1 Å². The minimum absolute atomic E-state index is 0.0750. The van der Waals surface area contributed by atoms with Gasteiger partial charge in [0, 0.05) is 11.3 Å². The summed E-state index contributed by atoms with van der Waals surface area (Å²) in [6.07, 6.45) is 0.772. The number of rotatable bonds is 7. The number of hydrogen-bond donors (Lipinski definition) is 0. The molecule has 0 unspecified atom stereocenters. The molecule has 0 amide bonds. The highest BCUT2D eigenvalue weighted by Gasteiger charge is 2.29. The number of fused-ring (bicyclic) bond motifs is 3. The molecular weight excluding hydrogens is 448 g/mol. The molecule has 7 nitrogen and oxygen atoms in total. The lowest BCUT2D eigenvalue weighted by Crippen LogP contribution is -2.28. The van der Waals surface area contributed by atoms with Crippen molar-refractivity contribution in [3.8, 4) is 11.4 Å². The molecule has 32 heavy (non-hydrogen) atoms. The van der Waals surface area contributed by atoms with Crippen LogP contribution in [0.2, 0.25) is 0 Å². The highest BCUT2D eigenvalue weighted by molar-refractivity contribution is 7.99. The average molecular weight is 475 g/mol. The Balaban J connectivity index is 1.85. The minimum Gasteiger partial charge on any atom is -0.497 e. The summed E-state index contributed by atoms with van der Waals surface area (Å²) in [5, 5.41) is 1.11. The number of thiophene rings is 1. The van der Waals surface area contributed by atoms with Crippen LogP contribution in [0.3, 0.4) is 0 Å². The molecule has 2 aromatic heterocycles. The Morgan fingerprint density at radius 2 is 2.09 bits per heavy atom. The Morgan fingerprint density at radius 3 is 2.75 bits per heavy atom. The second-order valence-corrected chi connectivity index (χ2v) is 9.83. The summed E-state index contributed by atoms with van der Waals surface area (Å²) in [4.78, 5) is 32.3. The molecule has 0 N–H and O–H groups in total. The number of carbonyl (C=O) groups excluding carboxylic acids is 1. The lowest BCUT2D eigenvalue weighted by atomic mass is 9.96. The Morgan fingerprint density at radius 1 is 1.34 bits per heavy atom. The van der Waals surface area contributed by atoms with Crippen LogP contribution in [0.15, 0.2) is 34.2 Å². The highest BCUT2D eigenvalue weighted by atomic mass is 32.2. The molecule has 4 rings (SSSR count). The lowest BCUT2D eigenvalue weighted by molar-refractivity contribution is -0.139. The van der Waals surface area contributed by atoms with E-state index in [1.165, 1.54) is 23.1 Å². The van der Waals surface area contributed by atoms with Crippen molar-refractivity contribution in [3.05, 3.63) is 45.1 Å². The van der Waals surface area contributed by atoms with Crippen molar-refractivity contribution in [2.45, 2.75) is 45.1 Å². The summed E-state index contributed by atoms with van der Waals surface area (Å²) in [6.45, 7) is 6.82. The number of esters is 1. The first kappa shape index (κ1) is 22.8. The van der Waals surface area contributed by atoms with Gasteiger partial charge in [-0.3, -0.25) is 14.2 Å². The van der Waals surface area contributed by atoms with E-state index in [-0.39, 0.29) is 23.4 Å². The van der Waals surface area contributed by atoms with Gasteiger partial charge in [-0.15, -0.1) is 11.3 Å². The average Bonchev–Trinajstić information content (AvgIpc) is 3.16. The molecule has 0 saturated heterocycles. The van der Waals surface area contributed by atoms with E-state index < -0.39 is 0 Å². The number of benzene rings is 1. The van der Waals surface area contributed by atoms with Gasteiger partial charge in [-0.1, -0.05) is 25.6 Å². The molecule has 1 aliphatic rings. The van der Waals surface area contributed by atoms with Crippen molar-refractivity contribution in [1.29, 1.82) is 0 Å². The lowest BCUT2D eigenvalue weighted by Gasteiger charge is -2.26. The van der Waals surface area contributed by atoms with Crippen LogP contribution in [0.5, 0.6) is 5.75 Å². The van der Waals surface area contributed by atoms with Crippen molar-refractivity contribution in [2.24, 2.45) is 5.92 Å². The zero-order valence-electron chi connectivity index (χ0n) is 18.5. The molecule has 0 spiro atoms. The van der Waals surface area contributed by atoms with Gasteiger partial charge in [0.1, 0.15) is 10.6 Å². The predicted molar refractivity (Wildman–Crippen MR) is 126 cm³/mol. The Bertz CT molecular complexity index is 1180. The molecule has 1 atom stereocenters. The van der Waals surface area contributed by atoms with Crippen molar-refractivity contribution >= 4 is 39.3 Å². The summed E-state index contributed by atoms with van der Waals surface area (Å²) in [5.41, 5.74) is 1.58. The Kier molecular flexibility index (Phi) is 6.88. The van der Waals surface area contributed by atoms with Crippen LogP contribution >= 0.6 is 23.1 Å². The molecule has 3 heterocycles. The first-order chi connectivity index (χ1) is 15.4. The van der Waals surface area contributed by atoms with E-state index in [1.54, 1.807) is 30.7 Å². The summed E-state index contributed by atoms with van der Waals surface area (Å²) in [5.74, 6) is 0.786. The summed E-state index contributed by atoms with van der Waals surface area (Å²) >= 11 is 2.70. The zero-order valence-corrected chi connectivity index (χ0v) is 20.2. The minimum atomic E-state index is -0.341. The van der Waals surface area contributed by atoms with Gasteiger partial charge in [0.25, 0.3) is 5.56 Å². The van der Waals surface area contributed by atoms with E-state index in [1.807, 2.05) is 12.1 Å². The predicted octanol–water partition coefficient (Wildman–Crippen LogP) is 4.21. The van der Waals surface area contributed by atoms with Crippen molar-refractivity contribution in [2.75, 3.05) is 19.5 Å². The van der Waals surface area contributed by atoms with Crippen LogP contribution in [-0.2, 0) is 27.3 Å². The van der Waals surface area contributed by atoms with Crippen LogP contribution in [0.1, 0.15) is 31.2 Å². The number of nitrogens with zero attached hydrogens (tertiary/aromatic N) is 2. The van der Waals surface area contributed by atoms with Crippen molar-refractivity contribution in [1.82, 2.24) is 9.55 Å². The number of methoxy groups -OCH3 is 1. The van der Waals surface area contributed by atoms with Crippen molar-refractivity contribution in [3.63, 3.8) is 0 Å². The molecule has 3 aromatic rings. The van der Waals surface area contributed by atoms with Gasteiger partial charge in [-0.2, -0.15) is 0 Å². The third-order valence-corrected chi connectivity index (χ3v) is 7.42. The molecule has 0 radical (unpaired) electrons. The van der Waals surface area contributed by atoms with Gasteiger partial charge in [0.05, 0.1) is 43.3 Å². The zero-order chi connectivity index (χ0) is 22.8. The van der Waals surface area contributed by atoms with Gasteiger partial charge in [-0.25, -0.2) is 4.98 Å². The monoisotopic (exact) mass is 474 g/mol. The van der Waals surface area contributed by atoms with Crippen LogP contribution in [0, 0.1) is 5.92 Å². The SMILES string of the molecule is CCOC(=O)CSc1nc2sc3c(c2c(=O)n1-c1ccc(OC)cc1)C[C@H](C(C)C)OC3. The summed E-state index contributed by atoms with van der Waals surface area (Å²) < 4.78 is 17.9. The third-order valence-electron chi connectivity index (χ3n) is 5.41. The number of hydrogen-bond acceptors (Lipinski definition) is 8. The number of ether oxygens (including phenoxy) is 3. The van der Waals surface area contributed by atoms with Gasteiger partial charge < -0.3 is 14.2 Å². The smallest absolute Gasteiger partial charge is 0.316 e. The first-order valence-corrected chi connectivity index (χ1v) is 12.3. The van der Waals surface area contributed by atoms with Gasteiger partial charge in [0.2, 0.25) is 0 Å². The van der Waals surface area contributed by atoms with Crippen LogP contribution in [0.4, 0.5) is 0 Å². The Labute approximate surface area is 194 Å². The molecule has 0 saturated carbocycles. The third kappa shape index (κ3) is 4.42. The molecule has 1 aromatic carbocycles. The quantitative estimate of drug-likeness (QED) is 0.288. The van der Waals surface area contributed by atoms with Gasteiger partial charge >= 0.3 is 5.97 Å². The van der Waals surface area contributed by atoms with Gasteiger partial charge in [-0.05, 0) is 42.7 Å². The molecule has 0 fully saturated rings. The standard InChI is InChI=1S/C23H26N2O5S2/c1-5-29-19(26)12-31-23-24-21-20(16-10-17(13(2)3)30-11-18(16)32-21)22(27)25(23)14-6-8-15(28-4)9-7-14/h6-9,13,17H,5,10-12H2,1-4H3/t17-/m1/s1. The number of aromatic nitrogens is 2.